The molecule has 0 amide bonds. The van der Waals surface area contributed by atoms with Gasteiger partial charge in [-0.1, -0.05) is 6.92 Å². The molecule has 2 N–H and O–H groups in total. The molecule has 0 atom stereocenters. The number of anilines is 1. The highest BCUT2D eigenvalue weighted by Crippen LogP contribution is 2.23. The van der Waals surface area contributed by atoms with Gasteiger partial charge in [0, 0.05) is 11.8 Å². The molecule has 0 aliphatic carbocycles. The minimum atomic E-state index is -3.11. The lowest BCUT2D eigenvalue weighted by molar-refractivity contribution is 0.322. The molecule has 0 unspecified atom stereocenters. The largest absolute Gasteiger partial charge is 0.489 e. The molecule has 0 saturated carbocycles. The first-order valence-corrected chi connectivity index (χ1v) is 7.56. The van der Waals surface area contributed by atoms with Gasteiger partial charge in [0.2, 0.25) is 0 Å². The average Bonchev–Trinajstić information content (AvgIpc) is 2.25. The summed E-state index contributed by atoms with van der Waals surface area (Å²) in [6, 6.07) is 2.64. The standard InChI is InChI=1S/C12H18FNO3S/c1-3-5-18(15,16)6-4-17-12-7-9(2)11(14)8-10(12)13/h7-8H,3-6,14H2,1-2H3. The third-order valence-electron chi connectivity index (χ3n) is 2.49. The van der Waals surface area contributed by atoms with Crippen molar-refractivity contribution >= 4 is 15.5 Å². The van der Waals surface area contributed by atoms with Crippen LogP contribution in [0.1, 0.15) is 18.9 Å². The maximum atomic E-state index is 13.4. The van der Waals surface area contributed by atoms with Crippen LogP contribution in [-0.2, 0) is 9.84 Å². The zero-order chi connectivity index (χ0) is 13.8. The van der Waals surface area contributed by atoms with E-state index in [2.05, 4.69) is 0 Å². The van der Waals surface area contributed by atoms with E-state index in [1.807, 2.05) is 0 Å². The molecule has 1 aromatic carbocycles. The van der Waals surface area contributed by atoms with Crippen LogP contribution >= 0.6 is 0 Å². The molecule has 6 heteroatoms. The van der Waals surface area contributed by atoms with Crippen molar-refractivity contribution in [1.29, 1.82) is 0 Å². The highest BCUT2D eigenvalue weighted by atomic mass is 32.2. The predicted molar refractivity (Wildman–Crippen MR) is 70.0 cm³/mol. The van der Waals surface area contributed by atoms with Gasteiger partial charge in [0.05, 0.1) is 11.5 Å². The monoisotopic (exact) mass is 275 g/mol. The van der Waals surface area contributed by atoms with E-state index in [0.717, 1.165) is 0 Å². The zero-order valence-corrected chi connectivity index (χ0v) is 11.4. The molecule has 18 heavy (non-hydrogen) atoms. The Labute approximate surface area is 107 Å². The summed E-state index contributed by atoms with van der Waals surface area (Å²) in [6.45, 7) is 3.47. The molecule has 0 aliphatic rings. The molecule has 4 nitrogen and oxygen atoms in total. The second kappa shape index (κ2) is 6.04. The number of benzene rings is 1. The van der Waals surface area contributed by atoms with Crippen LogP contribution in [0.5, 0.6) is 5.75 Å². The highest BCUT2D eigenvalue weighted by Gasteiger charge is 2.11. The summed E-state index contributed by atoms with van der Waals surface area (Å²) in [5.41, 5.74) is 6.58. The van der Waals surface area contributed by atoms with E-state index in [-0.39, 0.29) is 23.9 Å². The zero-order valence-electron chi connectivity index (χ0n) is 10.6. The van der Waals surface area contributed by atoms with Crippen molar-refractivity contribution < 1.29 is 17.5 Å². The van der Waals surface area contributed by atoms with Crippen molar-refractivity contribution in [3.8, 4) is 5.75 Å². The fraction of sp³-hybridized carbons (Fsp3) is 0.500. The average molecular weight is 275 g/mol. The second-order valence-corrected chi connectivity index (χ2v) is 6.44. The summed E-state index contributed by atoms with van der Waals surface area (Å²) in [5.74, 6) is -0.525. The van der Waals surface area contributed by atoms with E-state index < -0.39 is 15.7 Å². The predicted octanol–water partition coefficient (Wildman–Crippen LogP) is 1.92. The fourth-order valence-electron chi connectivity index (χ4n) is 1.47. The van der Waals surface area contributed by atoms with Crippen molar-refractivity contribution in [2.45, 2.75) is 20.3 Å². The van der Waals surface area contributed by atoms with Crippen LogP contribution in [0.2, 0.25) is 0 Å². The number of ether oxygens (including phenoxy) is 1. The van der Waals surface area contributed by atoms with Crippen molar-refractivity contribution in [2.24, 2.45) is 0 Å². The van der Waals surface area contributed by atoms with E-state index >= 15 is 0 Å². The van der Waals surface area contributed by atoms with Gasteiger partial charge in [0.25, 0.3) is 0 Å². The number of nitrogen functional groups attached to an aromatic ring is 1. The molecule has 0 aromatic heterocycles. The highest BCUT2D eigenvalue weighted by molar-refractivity contribution is 7.91. The first-order valence-electron chi connectivity index (χ1n) is 5.74. The second-order valence-electron chi connectivity index (χ2n) is 4.14. The van der Waals surface area contributed by atoms with E-state index in [4.69, 9.17) is 10.5 Å². The van der Waals surface area contributed by atoms with Crippen LogP contribution in [0, 0.1) is 12.7 Å². The lowest BCUT2D eigenvalue weighted by atomic mass is 10.2. The Morgan fingerprint density at radius 3 is 2.61 bits per heavy atom. The molecule has 0 saturated heterocycles. The summed E-state index contributed by atoms with van der Waals surface area (Å²) in [4.78, 5) is 0. The lowest BCUT2D eigenvalue weighted by Crippen LogP contribution is -2.17. The van der Waals surface area contributed by atoms with Crippen molar-refractivity contribution in [2.75, 3.05) is 23.8 Å². The molecular weight excluding hydrogens is 257 g/mol. The number of nitrogens with two attached hydrogens (primary N) is 1. The molecule has 0 fully saturated rings. The first kappa shape index (κ1) is 14.8. The smallest absolute Gasteiger partial charge is 0.167 e. The SMILES string of the molecule is CCCS(=O)(=O)CCOc1cc(C)c(N)cc1F. The third kappa shape index (κ3) is 4.18. The van der Waals surface area contributed by atoms with Crippen molar-refractivity contribution in [3.05, 3.63) is 23.5 Å². The van der Waals surface area contributed by atoms with E-state index in [0.29, 0.717) is 17.7 Å². The van der Waals surface area contributed by atoms with Crippen LogP contribution < -0.4 is 10.5 Å². The van der Waals surface area contributed by atoms with Gasteiger partial charge < -0.3 is 10.5 Å². The van der Waals surface area contributed by atoms with Gasteiger partial charge in [-0.2, -0.15) is 0 Å². The number of sulfone groups is 1. The van der Waals surface area contributed by atoms with E-state index in [1.54, 1.807) is 13.8 Å². The summed E-state index contributed by atoms with van der Waals surface area (Å²) in [6.07, 6.45) is 0.567. The summed E-state index contributed by atoms with van der Waals surface area (Å²) < 4.78 is 41.5. The number of aryl methyl sites for hydroxylation is 1. The van der Waals surface area contributed by atoms with E-state index in [1.165, 1.54) is 12.1 Å². The number of hydrogen-bond acceptors (Lipinski definition) is 4. The third-order valence-corrected chi connectivity index (χ3v) is 4.31. The van der Waals surface area contributed by atoms with Crippen LogP contribution in [0.3, 0.4) is 0 Å². The van der Waals surface area contributed by atoms with Gasteiger partial charge in [-0.15, -0.1) is 0 Å². The van der Waals surface area contributed by atoms with E-state index in [9.17, 15) is 12.8 Å². The molecule has 0 spiro atoms. The number of halogens is 1. The maximum absolute atomic E-state index is 13.4. The Balaban J connectivity index is 2.62. The Kier molecular flexibility index (Phi) is 4.95. The lowest BCUT2D eigenvalue weighted by Gasteiger charge is -2.09. The Bertz CT molecular complexity index is 514. The van der Waals surface area contributed by atoms with Crippen LogP contribution in [0.15, 0.2) is 12.1 Å². The normalized spacial score (nSPS) is 11.5. The molecule has 1 aromatic rings. The first-order chi connectivity index (χ1) is 8.35. The van der Waals surface area contributed by atoms with Gasteiger partial charge in [-0.25, -0.2) is 12.8 Å². The molecule has 0 radical (unpaired) electrons. The van der Waals surface area contributed by atoms with Crippen molar-refractivity contribution in [3.63, 3.8) is 0 Å². The van der Waals surface area contributed by atoms with Gasteiger partial charge in [0.1, 0.15) is 6.61 Å². The van der Waals surface area contributed by atoms with Gasteiger partial charge in [-0.3, -0.25) is 0 Å². The molecule has 102 valence electrons. The summed E-state index contributed by atoms with van der Waals surface area (Å²) in [5, 5.41) is 0. The van der Waals surface area contributed by atoms with Crippen LogP contribution in [0.25, 0.3) is 0 Å². The minimum Gasteiger partial charge on any atom is -0.489 e. The van der Waals surface area contributed by atoms with Gasteiger partial charge in [-0.05, 0) is 25.0 Å². The summed E-state index contributed by atoms with van der Waals surface area (Å²) >= 11 is 0. The number of hydrogen-bond donors (Lipinski definition) is 1. The molecule has 0 aliphatic heterocycles. The van der Waals surface area contributed by atoms with Crippen molar-refractivity contribution in [1.82, 2.24) is 0 Å². The van der Waals surface area contributed by atoms with Gasteiger partial charge >= 0.3 is 0 Å². The van der Waals surface area contributed by atoms with Gasteiger partial charge in [0.15, 0.2) is 21.4 Å². The Morgan fingerprint density at radius 1 is 1.33 bits per heavy atom. The Morgan fingerprint density at radius 2 is 2.00 bits per heavy atom. The number of rotatable bonds is 6. The Hall–Kier alpha value is -1.30. The molecule has 0 bridgehead atoms. The minimum absolute atomic E-state index is 0.0356. The molecular formula is C12H18FNO3S. The van der Waals surface area contributed by atoms with Crippen LogP contribution in [0.4, 0.5) is 10.1 Å². The fourth-order valence-corrected chi connectivity index (χ4v) is 2.64. The quantitative estimate of drug-likeness (QED) is 0.805. The maximum Gasteiger partial charge on any atom is 0.167 e. The molecule has 1 rings (SSSR count). The molecule has 0 heterocycles. The van der Waals surface area contributed by atoms with Crippen LogP contribution in [-0.4, -0.2) is 26.5 Å². The summed E-state index contributed by atoms with van der Waals surface area (Å²) in [7, 11) is -3.11. The topological polar surface area (TPSA) is 69.4 Å².